The van der Waals surface area contributed by atoms with Crippen molar-refractivity contribution in [1.29, 1.82) is 0 Å². The number of aryl methyl sites for hydroxylation is 1. The lowest BCUT2D eigenvalue weighted by molar-refractivity contribution is -0.137. The lowest BCUT2D eigenvalue weighted by atomic mass is 10.1. The number of anilines is 1. The van der Waals surface area contributed by atoms with Crippen LogP contribution in [-0.4, -0.2) is 16.6 Å². The molecule has 0 aliphatic heterocycles. The van der Waals surface area contributed by atoms with E-state index in [1.54, 1.807) is 18.5 Å². The second kappa shape index (κ2) is 7.93. The van der Waals surface area contributed by atoms with Crippen molar-refractivity contribution >= 4 is 40.1 Å². The number of rotatable bonds is 5. The van der Waals surface area contributed by atoms with Crippen LogP contribution in [0.25, 0.3) is 0 Å². The number of alkyl halides is 3. The second-order valence-corrected chi connectivity index (χ2v) is 6.64. The largest absolute Gasteiger partial charge is 0.478 e. The molecule has 134 valence electrons. The van der Waals surface area contributed by atoms with Crippen LogP contribution in [0.2, 0.25) is 5.02 Å². The van der Waals surface area contributed by atoms with Crippen LogP contribution in [0.5, 0.6) is 0 Å². The highest BCUT2D eigenvalue weighted by molar-refractivity contribution is 7.96. The van der Waals surface area contributed by atoms with E-state index in [9.17, 15) is 23.1 Å². The quantitative estimate of drug-likeness (QED) is 0.486. The van der Waals surface area contributed by atoms with Gasteiger partial charge in [-0.3, -0.25) is 0 Å². The van der Waals surface area contributed by atoms with Crippen LogP contribution in [0.3, 0.4) is 0 Å². The van der Waals surface area contributed by atoms with Crippen molar-refractivity contribution in [3.05, 3.63) is 63.7 Å². The molecule has 0 aliphatic rings. The van der Waals surface area contributed by atoms with Gasteiger partial charge in [-0.15, -0.1) is 0 Å². The van der Waals surface area contributed by atoms with Gasteiger partial charge in [-0.2, -0.15) is 24.5 Å². The molecular formula is C17H15ClF3NO2S. The lowest BCUT2D eigenvalue weighted by Gasteiger charge is -2.10. The Morgan fingerprint density at radius 1 is 1.28 bits per heavy atom. The lowest BCUT2D eigenvalue weighted by Crippen LogP contribution is -2.06. The molecule has 0 unspecified atom stereocenters. The van der Waals surface area contributed by atoms with Gasteiger partial charge in [0.05, 0.1) is 16.8 Å². The molecule has 2 aromatic rings. The maximum Gasteiger partial charge on any atom is 0.416 e. The summed E-state index contributed by atoms with van der Waals surface area (Å²) in [5.74, 6) is -0.596. The van der Waals surface area contributed by atoms with Crippen molar-refractivity contribution in [2.45, 2.75) is 18.9 Å². The molecule has 2 aromatic carbocycles. The summed E-state index contributed by atoms with van der Waals surface area (Å²) in [5.41, 5.74) is 2.91. The molecule has 0 heterocycles. The molecule has 0 bridgehead atoms. The number of thiol groups is 1. The van der Waals surface area contributed by atoms with Gasteiger partial charge in [0.2, 0.25) is 0 Å². The summed E-state index contributed by atoms with van der Waals surface area (Å²) in [6, 6.07) is 7.96. The zero-order valence-corrected chi connectivity index (χ0v) is 14.7. The van der Waals surface area contributed by atoms with Gasteiger partial charge in [-0.25, -0.2) is 4.79 Å². The summed E-state index contributed by atoms with van der Waals surface area (Å²) in [6.07, 6.45) is -4.34. The zero-order valence-electron chi connectivity index (χ0n) is 13.1. The van der Waals surface area contributed by atoms with Crippen LogP contribution in [0.1, 0.15) is 27.0 Å². The van der Waals surface area contributed by atoms with Crippen LogP contribution in [0, 0.1) is 6.92 Å². The Morgan fingerprint density at radius 3 is 2.48 bits per heavy atom. The first-order chi connectivity index (χ1) is 11.7. The molecule has 2 N–H and O–H groups in total. The van der Waals surface area contributed by atoms with Crippen LogP contribution in [-0.2, 0) is 11.9 Å². The van der Waals surface area contributed by atoms with E-state index in [0.717, 1.165) is 29.0 Å². The molecule has 0 radical (unpaired) electrons. The van der Waals surface area contributed by atoms with E-state index < -0.39 is 17.7 Å². The highest BCUT2D eigenvalue weighted by Crippen LogP contribution is 2.29. The number of hydrogen-bond acceptors (Lipinski definition) is 1. The van der Waals surface area contributed by atoms with Crippen molar-refractivity contribution < 1.29 is 23.1 Å². The molecule has 0 saturated heterocycles. The van der Waals surface area contributed by atoms with Crippen molar-refractivity contribution in [3.8, 4) is 0 Å². The first-order valence-electron chi connectivity index (χ1n) is 7.13. The topological polar surface area (TPSA) is 49.3 Å². The monoisotopic (exact) mass is 389 g/mol. The van der Waals surface area contributed by atoms with Gasteiger partial charge in [0.25, 0.3) is 0 Å². The van der Waals surface area contributed by atoms with Crippen LogP contribution < -0.4 is 5.32 Å². The summed E-state index contributed by atoms with van der Waals surface area (Å²) >= 11 is 6.65. The van der Waals surface area contributed by atoms with Gasteiger partial charge < -0.3 is 10.4 Å². The predicted molar refractivity (Wildman–Crippen MR) is 97.0 cm³/mol. The van der Waals surface area contributed by atoms with Gasteiger partial charge in [-0.05, 0) is 42.3 Å². The first-order valence-corrected chi connectivity index (χ1v) is 8.65. The van der Waals surface area contributed by atoms with E-state index in [-0.39, 0.29) is 5.56 Å². The first kappa shape index (κ1) is 19.3. The molecule has 0 aliphatic carbocycles. The number of carbonyl (C=O) groups is 1. The summed E-state index contributed by atoms with van der Waals surface area (Å²) in [5, 5.41) is 12.5. The molecule has 2 rings (SSSR count). The molecule has 25 heavy (non-hydrogen) atoms. The third-order valence-corrected chi connectivity index (χ3v) is 4.46. The minimum Gasteiger partial charge on any atom is -0.478 e. The van der Waals surface area contributed by atoms with E-state index in [4.69, 9.17) is 11.6 Å². The summed E-state index contributed by atoms with van der Waals surface area (Å²) < 4.78 is 37.5. The Kier molecular flexibility index (Phi) is 6.13. The second-order valence-electron chi connectivity index (χ2n) is 5.26. The van der Waals surface area contributed by atoms with Gasteiger partial charge in [0, 0.05) is 16.3 Å². The Morgan fingerprint density at radius 2 is 1.92 bits per heavy atom. The summed E-state index contributed by atoms with van der Waals surface area (Å²) in [7, 11) is 0. The number of nitrogens with one attached hydrogen (secondary N) is 1. The predicted octanol–water partition coefficient (Wildman–Crippen LogP) is 5.20. The third kappa shape index (κ3) is 5.24. The van der Waals surface area contributed by atoms with Gasteiger partial charge in [0.15, 0.2) is 0 Å². The molecule has 0 amide bonds. The number of carboxylic acid groups (broad SMARTS) is 1. The fourth-order valence-electron chi connectivity index (χ4n) is 2.16. The SMILES string of the molecule is Cc1cc(Cl)cc(C(=O)O)c1NC=[SH]Cc1ccc(C(F)(F)F)cc1. The molecule has 0 saturated carbocycles. The molecule has 0 atom stereocenters. The van der Waals surface area contributed by atoms with Crippen molar-refractivity contribution in [2.24, 2.45) is 0 Å². The van der Waals surface area contributed by atoms with E-state index in [1.807, 2.05) is 0 Å². The molecule has 0 aromatic heterocycles. The zero-order chi connectivity index (χ0) is 18.6. The molecule has 8 heteroatoms. The van der Waals surface area contributed by atoms with Gasteiger partial charge in [-0.1, -0.05) is 23.7 Å². The minimum absolute atomic E-state index is 0.0611. The Hall–Kier alpha value is -1.99. The smallest absolute Gasteiger partial charge is 0.416 e. The number of carboxylic acids is 1. The maximum absolute atomic E-state index is 12.5. The van der Waals surface area contributed by atoms with Crippen molar-refractivity contribution in [2.75, 3.05) is 5.32 Å². The molecular weight excluding hydrogens is 375 g/mol. The summed E-state index contributed by atoms with van der Waals surface area (Å²) in [6.45, 7) is 1.74. The maximum atomic E-state index is 12.5. The number of aromatic carboxylic acids is 1. The van der Waals surface area contributed by atoms with Gasteiger partial charge >= 0.3 is 12.1 Å². The number of hydrogen-bond donors (Lipinski definition) is 3. The molecule has 3 nitrogen and oxygen atoms in total. The van der Waals surface area contributed by atoms with E-state index in [0.29, 0.717) is 22.0 Å². The average Bonchev–Trinajstić information content (AvgIpc) is 2.52. The molecule has 0 fully saturated rings. The standard InChI is InChI=1S/C17H15ClF3NO2S/c1-10-6-13(18)7-14(16(23)24)15(10)22-9-25-8-11-2-4-12(5-3-11)17(19,20)21/h2-7,9,22,25H,8H2,1H3,(H,23,24). The van der Waals surface area contributed by atoms with Gasteiger partial charge in [0.1, 0.15) is 0 Å². The highest BCUT2D eigenvalue weighted by Gasteiger charge is 2.29. The number of halogens is 4. The van der Waals surface area contributed by atoms with Crippen LogP contribution in [0.15, 0.2) is 36.4 Å². The van der Waals surface area contributed by atoms with E-state index >= 15 is 0 Å². The van der Waals surface area contributed by atoms with Crippen molar-refractivity contribution in [1.82, 2.24) is 0 Å². The average molecular weight is 390 g/mol. The molecule has 0 spiro atoms. The fourth-order valence-corrected chi connectivity index (χ4v) is 3.17. The number of benzene rings is 2. The van der Waals surface area contributed by atoms with E-state index in [1.165, 1.54) is 18.2 Å². The van der Waals surface area contributed by atoms with Crippen LogP contribution >= 0.6 is 23.0 Å². The minimum atomic E-state index is -4.34. The Labute approximate surface area is 151 Å². The van der Waals surface area contributed by atoms with Crippen LogP contribution in [0.4, 0.5) is 18.9 Å². The van der Waals surface area contributed by atoms with E-state index in [2.05, 4.69) is 5.32 Å². The summed E-state index contributed by atoms with van der Waals surface area (Å²) in [4.78, 5) is 11.3. The fraction of sp³-hybridized carbons (Fsp3) is 0.176. The van der Waals surface area contributed by atoms with Crippen molar-refractivity contribution in [3.63, 3.8) is 0 Å². The normalized spacial score (nSPS) is 12.0. The Bertz CT molecular complexity index is 805. The highest BCUT2D eigenvalue weighted by atomic mass is 35.5. The Balaban J connectivity index is 2.06. The third-order valence-electron chi connectivity index (χ3n) is 3.39.